The number of piperazine rings is 1. The molecule has 0 aliphatic carbocycles. The van der Waals surface area contributed by atoms with Crippen LogP contribution in [0, 0.1) is 0 Å². The van der Waals surface area contributed by atoms with Gasteiger partial charge in [-0.05, 0) is 12.8 Å². The van der Waals surface area contributed by atoms with Gasteiger partial charge in [-0.25, -0.2) is 0 Å². The van der Waals surface area contributed by atoms with Crippen LogP contribution in [0.4, 0.5) is 0 Å². The number of nitrogens with one attached hydrogen (secondary N) is 1. The molecule has 2 atom stereocenters. The van der Waals surface area contributed by atoms with Crippen molar-refractivity contribution in [1.29, 1.82) is 0 Å². The lowest BCUT2D eigenvalue weighted by atomic mass is 10.1. The Morgan fingerprint density at radius 1 is 1.50 bits per heavy atom. The molecule has 0 spiro atoms. The fraction of sp³-hybridized carbons (Fsp3) is 0.818. The minimum absolute atomic E-state index is 0.00222. The lowest BCUT2D eigenvalue weighted by Gasteiger charge is -2.37. The van der Waals surface area contributed by atoms with E-state index in [1.54, 1.807) is 12.0 Å². The third-order valence-electron chi connectivity index (χ3n) is 2.91. The highest BCUT2D eigenvalue weighted by molar-refractivity contribution is 5.94. The van der Waals surface area contributed by atoms with Gasteiger partial charge < -0.3 is 15.0 Å². The van der Waals surface area contributed by atoms with Crippen LogP contribution in [0.5, 0.6) is 0 Å². The lowest BCUT2D eigenvalue weighted by Crippen LogP contribution is -2.61. The minimum atomic E-state index is -0.368. The smallest absolute Gasteiger partial charge is 0.245 e. The molecule has 5 heteroatoms. The van der Waals surface area contributed by atoms with E-state index in [0.717, 1.165) is 6.42 Å². The van der Waals surface area contributed by atoms with Crippen LogP contribution in [-0.4, -0.2) is 49.1 Å². The van der Waals surface area contributed by atoms with Gasteiger partial charge in [0.2, 0.25) is 11.8 Å². The summed E-state index contributed by atoms with van der Waals surface area (Å²) in [5.74, 6) is -0.0768. The summed E-state index contributed by atoms with van der Waals surface area (Å²) in [7, 11) is 1.61. The first-order valence-corrected chi connectivity index (χ1v) is 5.72. The SMILES string of the molecule is CCC1NC(=O)CN(C(CC)COC)C1=O. The number of nitrogens with zero attached hydrogens (tertiary/aromatic N) is 1. The molecule has 0 aromatic rings. The number of carbonyl (C=O) groups excluding carboxylic acids is 2. The van der Waals surface area contributed by atoms with E-state index in [4.69, 9.17) is 4.74 Å². The summed E-state index contributed by atoms with van der Waals surface area (Å²) in [6.07, 6.45) is 1.42. The van der Waals surface area contributed by atoms with Gasteiger partial charge >= 0.3 is 0 Å². The van der Waals surface area contributed by atoms with Gasteiger partial charge in [0.15, 0.2) is 0 Å². The van der Waals surface area contributed by atoms with Gasteiger partial charge in [0.05, 0.1) is 19.2 Å². The largest absolute Gasteiger partial charge is 0.383 e. The molecule has 0 saturated carbocycles. The maximum Gasteiger partial charge on any atom is 0.245 e. The average Bonchev–Trinajstić information content (AvgIpc) is 2.28. The summed E-state index contributed by atoms with van der Waals surface area (Å²) in [6.45, 7) is 4.51. The molecule has 92 valence electrons. The van der Waals surface area contributed by atoms with Crippen LogP contribution in [0.1, 0.15) is 26.7 Å². The highest BCUT2D eigenvalue weighted by Crippen LogP contribution is 2.12. The Balaban J connectivity index is 2.75. The van der Waals surface area contributed by atoms with E-state index in [2.05, 4.69) is 5.32 Å². The number of carbonyl (C=O) groups is 2. The normalized spacial score (nSPS) is 23.2. The van der Waals surface area contributed by atoms with Gasteiger partial charge in [0, 0.05) is 7.11 Å². The van der Waals surface area contributed by atoms with E-state index in [0.29, 0.717) is 13.0 Å². The van der Waals surface area contributed by atoms with Crippen LogP contribution < -0.4 is 5.32 Å². The zero-order valence-electron chi connectivity index (χ0n) is 10.2. The fourth-order valence-corrected chi connectivity index (χ4v) is 1.94. The predicted molar refractivity (Wildman–Crippen MR) is 59.9 cm³/mol. The molecule has 0 bridgehead atoms. The zero-order valence-corrected chi connectivity index (χ0v) is 10.2. The van der Waals surface area contributed by atoms with E-state index >= 15 is 0 Å². The first-order valence-electron chi connectivity index (χ1n) is 5.72. The molecule has 1 fully saturated rings. The van der Waals surface area contributed by atoms with Gasteiger partial charge in [-0.1, -0.05) is 13.8 Å². The molecule has 1 heterocycles. The predicted octanol–water partition coefficient (Wildman–Crippen LogP) is 0.148. The number of hydrogen-bond acceptors (Lipinski definition) is 3. The Hall–Kier alpha value is -1.10. The van der Waals surface area contributed by atoms with Crippen LogP contribution >= 0.6 is 0 Å². The van der Waals surface area contributed by atoms with Crippen molar-refractivity contribution in [3.63, 3.8) is 0 Å². The monoisotopic (exact) mass is 228 g/mol. The molecule has 0 aromatic carbocycles. The highest BCUT2D eigenvalue weighted by Gasteiger charge is 2.34. The molecule has 16 heavy (non-hydrogen) atoms. The molecule has 1 aliphatic heterocycles. The number of amides is 2. The van der Waals surface area contributed by atoms with Crippen LogP contribution in [-0.2, 0) is 14.3 Å². The van der Waals surface area contributed by atoms with Crippen LogP contribution in [0.25, 0.3) is 0 Å². The molecule has 0 aromatic heterocycles. The summed E-state index contributed by atoms with van der Waals surface area (Å²) < 4.78 is 5.07. The summed E-state index contributed by atoms with van der Waals surface area (Å²) in [5.41, 5.74) is 0. The van der Waals surface area contributed by atoms with E-state index in [1.165, 1.54) is 0 Å². The van der Waals surface area contributed by atoms with Crippen molar-refractivity contribution >= 4 is 11.8 Å². The quantitative estimate of drug-likeness (QED) is 0.728. The zero-order chi connectivity index (χ0) is 12.1. The summed E-state index contributed by atoms with van der Waals surface area (Å²) in [4.78, 5) is 25.1. The molecule has 0 radical (unpaired) electrons. The Bertz CT molecular complexity index is 268. The maximum absolute atomic E-state index is 12.0. The second-order valence-electron chi connectivity index (χ2n) is 4.01. The number of methoxy groups -OCH3 is 1. The number of ether oxygens (including phenoxy) is 1. The molecular formula is C11H20N2O3. The molecule has 2 amide bonds. The van der Waals surface area contributed by atoms with Crippen molar-refractivity contribution in [3.8, 4) is 0 Å². The van der Waals surface area contributed by atoms with Gasteiger partial charge in [-0.3, -0.25) is 9.59 Å². The second-order valence-corrected chi connectivity index (χ2v) is 4.01. The van der Waals surface area contributed by atoms with E-state index in [9.17, 15) is 9.59 Å². The fourth-order valence-electron chi connectivity index (χ4n) is 1.94. The number of rotatable bonds is 5. The first kappa shape index (κ1) is 13.0. The molecule has 1 saturated heterocycles. The average molecular weight is 228 g/mol. The van der Waals surface area contributed by atoms with Crippen LogP contribution in [0.2, 0.25) is 0 Å². The van der Waals surface area contributed by atoms with E-state index in [1.807, 2.05) is 13.8 Å². The molecular weight excluding hydrogens is 208 g/mol. The lowest BCUT2D eigenvalue weighted by molar-refractivity contribution is -0.147. The minimum Gasteiger partial charge on any atom is -0.383 e. The Kier molecular flexibility index (Phi) is 4.73. The maximum atomic E-state index is 12.0. The standard InChI is InChI=1S/C11H20N2O3/c1-4-8(7-16-3)13-6-10(14)12-9(5-2)11(13)15/h8-9H,4-7H2,1-3H3,(H,12,14). The van der Waals surface area contributed by atoms with Crippen molar-refractivity contribution in [3.05, 3.63) is 0 Å². The second kappa shape index (κ2) is 5.84. The van der Waals surface area contributed by atoms with Crippen molar-refractivity contribution in [2.24, 2.45) is 0 Å². The molecule has 5 nitrogen and oxygen atoms in total. The van der Waals surface area contributed by atoms with Crippen molar-refractivity contribution in [1.82, 2.24) is 10.2 Å². The third kappa shape index (κ3) is 2.72. The van der Waals surface area contributed by atoms with Gasteiger partial charge in [0.1, 0.15) is 6.04 Å². The summed E-state index contributed by atoms with van der Waals surface area (Å²) in [6, 6.07) is -0.371. The molecule has 2 unspecified atom stereocenters. The van der Waals surface area contributed by atoms with Gasteiger partial charge in [0.25, 0.3) is 0 Å². The Morgan fingerprint density at radius 3 is 2.69 bits per heavy atom. The topological polar surface area (TPSA) is 58.6 Å². The van der Waals surface area contributed by atoms with E-state index in [-0.39, 0.29) is 30.4 Å². The van der Waals surface area contributed by atoms with Crippen molar-refractivity contribution < 1.29 is 14.3 Å². The van der Waals surface area contributed by atoms with Gasteiger partial charge in [-0.2, -0.15) is 0 Å². The van der Waals surface area contributed by atoms with Crippen molar-refractivity contribution in [2.75, 3.05) is 20.3 Å². The van der Waals surface area contributed by atoms with Crippen LogP contribution in [0.3, 0.4) is 0 Å². The summed E-state index contributed by atoms with van der Waals surface area (Å²) in [5, 5.41) is 2.70. The third-order valence-corrected chi connectivity index (χ3v) is 2.91. The highest BCUT2D eigenvalue weighted by atomic mass is 16.5. The van der Waals surface area contributed by atoms with Gasteiger partial charge in [-0.15, -0.1) is 0 Å². The van der Waals surface area contributed by atoms with Crippen molar-refractivity contribution in [2.45, 2.75) is 38.8 Å². The molecule has 1 aliphatic rings. The Labute approximate surface area is 96.1 Å². The Morgan fingerprint density at radius 2 is 2.19 bits per heavy atom. The molecule has 1 rings (SSSR count). The number of hydrogen-bond donors (Lipinski definition) is 1. The first-order chi connectivity index (χ1) is 7.63. The van der Waals surface area contributed by atoms with E-state index < -0.39 is 0 Å². The summed E-state index contributed by atoms with van der Waals surface area (Å²) >= 11 is 0. The van der Waals surface area contributed by atoms with Crippen LogP contribution in [0.15, 0.2) is 0 Å². The molecule has 1 N–H and O–H groups in total.